The number of esters is 2. The average molecular weight is 547 g/mol. The van der Waals surface area contributed by atoms with Crippen molar-refractivity contribution in [1.82, 2.24) is 0 Å². The van der Waals surface area contributed by atoms with Crippen LogP contribution in [0.5, 0.6) is 11.5 Å². The van der Waals surface area contributed by atoms with Crippen LogP contribution in [0.1, 0.15) is 69.4 Å². The van der Waals surface area contributed by atoms with E-state index in [-0.39, 0.29) is 24.7 Å². The van der Waals surface area contributed by atoms with Crippen LogP contribution in [0.3, 0.4) is 0 Å². The summed E-state index contributed by atoms with van der Waals surface area (Å²) in [6.45, 7) is 5.39. The van der Waals surface area contributed by atoms with Crippen LogP contribution in [0.15, 0.2) is 24.0 Å². The Balaban J connectivity index is 1.50. The summed E-state index contributed by atoms with van der Waals surface area (Å²) < 4.78 is 28.1. The number of ether oxygens (including phenoxy) is 5. The Bertz CT molecular complexity index is 1160. The van der Waals surface area contributed by atoms with Gasteiger partial charge in [-0.25, -0.2) is 4.79 Å². The van der Waals surface area contributed by atoms with Crippen molar-refractivity contribution in [3.05, 3.63) is 35.1 Å². The summed E-state index contributed by atoms with van der Waals surface area (Å²) in [5.41, 5.74) is -1.29. The Morgan fingerprint density at radius 3 is 2.56 bits per heavy atom. The van der Waals surface area contributed by atoms with Crippen molar-refractivity contribution >= 4 is 11.9 Å². The normalized spacial score (nSPS) is 28.4. The summed E-state index contributed by atoms with van der Waals surface area (Å²) in [7, 11) is 2.77. The molecule has 1 aliphatic carbocycles. The lowest BCUT2D eigenvalue weighted by molar-refractivity contribution is -0.932. The first-order chi connectivity index (χ1) is 18.5. The fraction of sp³-hybridized carbons (Fsp3) is 0.655. The van der Waals surface area contributed by atoms with Gasteiger partial charge in [-0.15, -0.1) is 0 Å². The number of methoxy groups -OCH3 is 2. The first-order valence-electron chi connectivity index (χ1n) is 13.8. The van der Waals surface area contributed by atoms with E-state index in [2.05, 4.69) is 6.08 Å². The van der Waals surface area contributed by atoms with Gasteiger partial charge in [0.25, 0.3) is 0 Å². The molecule has 5 rings (SSSR count). The lowest BCUT2D eigenvalue weighted by Crippen LogP contribution is -3.18. The summed E-state index contributed by atoms with van der Waals surface area (Å²) in [4.78, 5) is 27.4. The minimum atomic E-state index is -2.11. The molecule has 0 saturated carbocycles. The number of nitrogens with one attached hydrogen (secondary N) is 1. The Morgan fingerprint density at radius 1 is 1.13 bits per heavy atom. The van der Waals surface area contributed by atoms with Gasteiger partial charge in [-0.05, 0) is 56.4 Å². The Labute approximate surface area is 228 Å². The van der Waals surface area contributed by atoms with Crippen LogP contribution >= 0.6 is 0 Å². The molecular weight excluding hydrogens is 506 g/mol. The van der Waals surface area contributed by atoms with Gasteiger partial charge in [0.2, 0.25) is 6.79 Å². The molecular formula is C29H40NO9+. The standard InChI is InChI=1S/C29H39NO9/c1-27(2,33)8-5-10-29(34,16-23(31)36-4)26(32)39-25-22(35-3)15-28-9-6-11-30(28)12-7-18-13-20-21(38-17-37-20)14-19(18)24(25)28/h13-15,24-25,33-34H,5-12,16-17H2,1-4H3/p+1/t24-,25-,28+,29?/m1/s1. The highest BCUT2D eigenvalue weighted by Gasteiger charge is 2.62. The number of quaternary nitrogens is 1. The van der Waals surface area contributed by atoms with Crippen molar-refractivity contribution < 1.29 is 48.4 Å². The highest BCUT2D eigenvalue weighted by atomic mass is 16.7. The second kappa shape index (κ2) is 10.3. The summed E-state index contributed by atoms with van der Waals surface area (Å²) in [5, 5.41) is 21.6. The lowest BCUT2D eigenvalue weighted by atomic mass is 9.77. The molecule has 10 heteroatoms. The zero-order chi connectivity index (χ0) is 28.0. The van der Waals surface area contributed by atoms with Gasteiger partial charge in [-0.1, -0.05) is 0 Å². The van der Waals surface area contributed by atoms with E-state index in [1.54, 1.807) is 21.0 Å². The van der Waals surface area contributed by atoms with Gasteiger partial charge in [-0.3, -0.25) is 4.79 Å². The number of hydrogen-bond acceptors (Lipinski definition) is 9. The third-order valence-corrected chi connectivity index (χ3v) is 8.82. The maximum Gasteiger partial charge on any atom is 0.339 e. The highest BCUT2D eigenvalue weighted by Crippen LogP contribution is 2.50. The van der Waals surface area contributed by atoms with Crippen molar-refractivity contribution in [1.29, 1.82) is 0 Å². The van der Waals surface area contributed by atoms with E-state index in [0.717, 1.165) is 43.5 Å². The molecule has 0 radical (unpaired) electrons. The largest absolute Gasteiger partial charge is 0.497 e. The van der Waals surface area contributed by atoms with Crippen LogP contribution in [0.25, 0.3) is 0 Å². The molecule has 39 heavy (non-hydrogen) atoms. The summed E-state index contributed by atoms with van der Waals surface area (Å²) in [5.74, 6) is 0.0253. The monoisotopic (exact) mass is 546 g/mol. The second-order valence-electron chi connectivity index (χ2n) is 11.9. The third kappa shape index (κ3) is 5.10. The molecule has 1 saturated heterocycles. The predicted molar refractivity (Wildman–Crippen MR) is 138 cm³/mol. The number of carbonyl (C=O) groups is 2. The van der Waals surface area contributed by atoms with Crippen LogP contribution < -0.4 is 14.4 Å². The van der Waals surface area contributed by atoms with Crippen LogP contribution in [-0.4, -0.2) is 79.1 Å². The molecule has 2 unspecified atom stereocenters. The number of rotatable bonds is 9. The van der Waals surface area contributed by atoms with Gasteiger partial charge in [0, 0.05) is 25.3 Å². The number of fused-ring (bicyclic) bond motifs is 3. The van der Waals surface area contributed by atoms with Gasteiger partial charge in [0.15, 0.2) is 23.2 Å². The van der Waals surface area contributed by atoms with E-state index < -0.39 is 35.7 Å². The topological polar surface area (TPSA) is 125 Å². The van der Waals surface area contributed by atoms with E-state index in [1.807, 2.05) is 12.1 Å². The fourth-order valence-electron chi connectivity index (χ4n) is 6.92. The molecule has 1 aromatic rings. The second-order valence-corrected chi connectivity index (χ2v) is 11.9. The Kier molecular flexibility index (Phi) is 7.32. The van der Waals surface area contributed by atoms with E-state index in [0.29, 0.717) is 30.1 Å². The molecule has 3 N–H and O–H groups in total. The smallest absolute Gasteiger partial charge is 0.339 e. The van der Waals surface area contributed by atoms with Crippen LogP contribution in [0.4, 0.5) is 0 Å². The molecule has 1 fully saturated rings. The minimum absolute atomic E-state index is 0.0634. The molecule has 0 bridgehead atoms. The predicted octanol–water partition coefficient (Wildman–Crippen LogP) is 1.16. The summed E-state index contributed by atoms with van der Waals surface area (Å²) in [6, 6.07) is 4.03. The number of benzene rings is 1. The van der Waals surface area contributed by atoms with Gasteiger partial charge in [0.05, 0.1) is 45.2 Å². The van der Waals surface area contributed by atoms with Crippen LogP contribution in [0, 0.1) is 0 Å². The van der Waals surface area contributed by atoms with E-state index >= 15 is 0 Å². The van der Waals surface area contributed by atoms with E-state index in [1.165, 1.54) is 12.0 Å². The van der Waals surface area contributed by atoms with Crippen LogP contribution in [-0.2, 0) is 30.2 Å². The van der Waals surface area contributed by atoms with Crippen molar-refractivity contribution in [2.45, 2.75) is 87.6 Å². The number of hydrogen-bond donors (Lipinski definition) is 3. The molecule has 0 aromatic heterocycles. The quantitative estimate of drug-likeness (QED) is 0.392. The lowest BCUT2D eigenvalue weighted by Gasteiger charge is -2.37. The first-order valence-corrected chi connectivity index (χ1v) is 13.8. The molecule has 214 valence electrons. The van der Waals surface area contributed by atoms with Crippen molar-refractivity contribution in [3.63, 3.8) is 0 Å². The SMILES string of the molecule is COC(=O)CC(O)(CCCC(C)(C)O)C(=O)O[C@@H]1C(OC)=C[C@]23CCC[NH+]2CCc2cc4c(cc2[C@H]13)OCO4. The first kappa shape index (κ1) is 27.7. The Morgan fingerprint density at radius 2 is 1.87 bits per heavy atom. The van der Waals surface area contributed by atoms with Crippen LogP contribution in [0.2, 0.25) is 0 Å². The Hall–Kier alpha value is -2.82. The van der Waals surface area contributed by atoms with Crippen molar-refractivity contribution in [2.75, 3.05) is 34.1 Å². The molecule has 10 nitrogen and oxygen atoms in total. The van der Waals surface area contributed by atoms with Gasteiger partial charge < -0.3 is 38.8 Å². The maximum atomic E-state index is 13.8. The number of aliphatic hydroxyl groups is 2. The van der Waals surface area contributed by atoms with Crippen molar-refractivity contribution in [2.24, 2.45) is 0 Å². The minimum Gasteiger partial charge on any atom is -0.497 e. The molecule has 1 spiro atoms. The molecule has 5 atom stereocenters. The van der Waals surface area contributed by atoms with Gasteiger partial charge >= 0.3 is 11.9 Å². The molecule has 3 heterocycles. The van der Waals surface area contributed by atoms with E-state index in [4.69, 9.17) is 23.7 Å². The highest BCUT2D eigenvalue weighted by molar-refractivity contribution is 5.86. The van der Waals surface area contributed by atoms with Gasteiger partial charge in [0.1, 0.15) is 11.3 Å². The maximum absolute atomic E-state index is 13.8. The average Bonchev–Trinajstić information content (AvgIpc) is 3.56. The summed E-state index contributed by atoms with van der Waals surface area (Å²) >= 11 is 0. The van der Waals surface area contributed by atoms with E-state index in [9.17, 15) is 19.8 Å². The zero-order valence-corrected chi connectivity index (χ0v) is 23.2. The molecule has 4 aliphatic rings. The zero-order valence-electron chi connectivity index (χ0n) is 23.2. The van der Waals surface area contributed by atoms with Gasteiger partial charge in [-0.2, -0.15) is 0 Å². The third-order valence-electron chi connectivity index (χ3n) is 8.82. The fourth-order valence-corrected chi connectivity index (χ4v) is 6.92. The molecule has 0 amide bonds. The molecule has 1 aromatic carbocycles. The number of carbonyl (C=O) groups excluding carboxylic acids is 2. The summed E-state index contributed by atoms with van der Waals surface area (Å²) in [6.07, 6.45) is 4.13. The molecule has 3 aliphatic heterocycles. The van der Waals surface area contributed by atoms with Crippen molar-refractivity contribution in [3.8, 4) is 11.5 Å².